The lowest BCUT2D eigenvalue weighted by Gasteiger charge is -2.04. The molecule has 1 saturated carbocycles. The van der Waals surface area contributed by atoms with Crippen LogP contribution in [0.2, 0.25) is 5.02 Å². The molecule has 1 fully saturated rings. The second-order valence-corrected chi connectivity index (χ2v) is 5.50. The highest BCUT2D eigenvalue weighted by atomic mass is 35.5. The minimum atomic E-state index is 0.234. The highest BCUT2D eigenvalue weighted by Gasteiger charge is 2.29. The molecule has 0 aliphatic heterocycles. The van der Waals surface area contributed by atoms with Gasteiger partial charge in [-0.1, -0.05) is 28.9 Å². The monoisotopic (exact) mass is 305 g/mol. The average Bonchev–Trinajstić information content (AvgIpc) is 3.24. The summed E-state index contributed by atoms with van der Waals surface area (Å²) in [6.07, 6.45) is 2.37. The van der Waals surface area contributed by atoms with E-state index in [0.29, 0.717) is 10.9 Å². The van der Waals surface area contributed by atoms with Crippen molar-refractivity contribution < 1.29 is 4.84 Å². The van der Waals surface area contributed by atoms with E-state index in [1.54, 1.807) is 12.1 Å². The third-order valence-electron chi connectivity index (χ3n) is 3.42. The summed E-state index contributed by atoms with van der Waals surface area (Å²) in [5.74, 6) is 2.58. The van der Waals surface area contributed by atoms with Gasteiger partial charge >= 0.3 is 0 Å². The smallest absolute Gasteiger partial charge is 0.176 e. The Hall–Kier alpha value is -2.08. The largest absolute Gasteiger partial charge is 0.386 e. The van der Waals surface area contributed by atoms with Crippen LogP contribution < -0.4 is 5.73 Å². The van der Waals surface area contributed by atoms with Crippen LogP contribution in [0.25, 0.3) is 0 Å². The lowest BCUT2D eigenvalue weighted by Crippen LogP contribution is -2.14. The third-order valence-corrected chi connectivity index (χ3v) is 3.65. The molecule has 0 radical (unpaired) electrons. The van der Waals surface area contributed by atoms with Crippen LogP contribution in [0.1, 0.15) is 36.0 Å². The van der Waals surface area contributed by atoms with E-state index in [1.807, 2.05) is 23.7 Å². The number of oxime groups is 1. The predicted octanol–water partition coefficient (Wildman–Crippen LogP) is 2.18. The summed E-state index contributed by atoms with van der Waals surface area (Å²) in [5, 5.41) is 12.8. The molecular weight excluding hydrogens is 290 g/mol. The van der Waals surface area contributed by atoms with E-state index in [0.717, 1.165) is 17.2 Å². The zero-order chi connectivity index (χ0) is 14.8. The van der Waals surface area contributed by atoms with E-state index >= 15 is 0 Å². The molecule has 1 heterocycles. The maximum absolute atomic E-state index is 5.90. The Morgan fingerprint density at radius 2 is 2.29 bits per heavy atom. The summed E-state index contributed by atoms with van der Waals surface area (Å²) in [7, 11) is 1.94. The molecule has 0 saturated heterocycles. The number of benzene rings is 1. The van der Waals surface area contributed by atoms with Gasteiger partial charge in [0.15, 0.2) is 18.3 Å². The zero-order valence-corrected chi connectivity index (χ0v) is 12.4. The van der Waals surface area contributed by atoms with E-state index in [-0.39, 0.29) is 12.4 Å². The van der Waals surface area contributed by atoms with Gasteiger partial charge in [0.1, 0.15) is 5.82 Å². The fourth-order valence-electron chi connectivity index (χ4n) is 2.06. The van der Waals surface area contributed by atoms with Crippen molar-refractivity contribution in [3.8, 4) is 0 Å². The Labute approximate surface area is 127 Å². The maximum atomic E-state index is 5.90. The third kappa shape index (κ3) is 3.16. The van der Waals surface area contributed by atoms with Gasteiger partial charge in [-0.15, -0.1) is 10.2 Å². The fourth-order valence-corrected chi connectivity index (χ4v) is 2.25. The molecular formula is C14H16ClN5O. The Morgan fingerprint density at radius 3 is 3.00 bits per heavy atom. The van der Waals surface area contributed by atoms with Gasteiger partial charge in [0, 0.05) is 23.6 Å². The highest BCUT2D eigenvalue weighted by molar-refractivity contribution is 6.31. The minimum absolute atomic E-state index is 0.234. The van der Waals surface area contributed by atoms with Crippen LogP contribution in [0.5, 0.6) is 0 Å². The summed E-state index contributed by atoms with van der Waals surface area (Å²) in [5.41, 5.74) is 6.57. The lowest BCUT2D eigenvalue weighted by atomic mass is 10.2. The molecule has 6 nitrogen and oxygen atoms in total. The standard InChI is InChI=1S/C14H16ClN5O/c1-20-12(17-18-14(20)9-5-6-9)8-21-19-13(16)10-3-2-4-11(15)7-10/h2-4,7,9H,5-6,8H2,1H3,(H2,16,19). The van der Waals surface area contributed by atoms with Crippen molar-refractivity contribution in [1.82, 2.24) is 14.8 Å². The van der Waals surface area contributed by atoms with Crippen molar-refractivity contribution in [1.29, 1.82) is 0 Å². The first-order valence-corrected chi connectivity index (χ1v) is 7.12. The van der Waals surface area contributed by atoms with Crippen LogP contribution in [0.15, 0.2) is 29.4 Å². The van der Waals surface area contributed by atoms with Gasteiger partial charge in [0.05, 0.1) is 0 Å². The van der Waals surface area contributed by atoms with Crippen molar-refractivity contribution in [2.45, 2.75) is 25.4 Å². The molecule has 1 aromatic carbocycles. The van der Waals surface area contributed by atoms with Crippen molar-refractivity contribution in [3.63, 3.8) is 0 Å². The number of halogens is 1. The van der Waals surface area contributed by atoms with Crippen LogP contribution >= 0.6 is 11.6 Å². The average molecular weight is 306 g/mol. The minimum Gasteiger partial charge on any atom is -0.386 e. The van der Waals surface area contributed by atoms with Gasteiger partial charge in [-0.2, -0.15) is 0 Å². The molecule has 0 spiro atoms. The summed E-state index contributed by atoms with van der Waals surface area (Å²) in [4.78, 5) is 5.27. The SMILES string of the molecule is Cn1c(CO/N=C(\N)c2cccc(Cl)c2)nnc1C1CC1. The van der Waals surface area contributed by atoms with Crippen LogP contribution in [0, 0.1) is 0 Å². The highest BCUT2D eigenvalue weighted by Crippen LogP contribution is 2.38. The molecule has 0 bridgehead atoms. The molecule has 21 heavy (non-hydrogen) atoms. The molecule has 7 heteroatoms. The van der Waals surface area contributed by atoms with Gasteiger partial charge in [0.2, 0.25) is 0 Å². The summed E-state index contributed by atoms with van der Waals surface area (Å²) in [6.45, 7) is 0.234. The van der Waals surface area contributed by atoms with E-state index in [4.69, 9.17) is 22.2 Å². The molecule has 0 atom stereocenters. The van der Waals surface area contributed by atoms with Gasteiger partial charge in [-0.05, 0) is 25.0 Å². The first kappa shape index (κ1) is 13.9. The summed E-state index contributed by atoms with van der Waals surface area (Å²) in [6, 6.07) is 7.14. The van der Waals surface area contributed by atoms with E-state index in [9.17, 15) is 0 Å². The molecule has 3 rings (SSSR count). The van der Waals surface area contributed by atoms with E-state index < -0.39 is 0 Å². The van der Waals surface area contributed by atoms with Crippen molar-refractivity contribution in [3.05, 3.63) is 46.5 Å². The number of hydrogen-bond donors (Lipinski definition) is 1. The Bertz CT molecular complexity index is 678. The van der Waals surface area contributed by atoms with Gasteiger partial charge in [-0.25, -0.2) is 0 Å². The molecule has 2 aromatic rings. The molecule has 0 unspecified atom stereocenters. The zero-order valence-electron chi connectivity index (χ0n) is 11.7. The van der Waals surface area contributed by atoms with E-state index in [2.05, 4.69) is 15.4 Å². The Kier molecular flexibility index (Phi) is 3.79. The number of aromatic nitrogens is 3. The summed E-state index contributed by atoms with van der Waals surface area (Å²) >= 11 is 5.90. The van der Waals surface area contributed by atoms with Crippen LogP contribution in [-0.4, -0.2) is 20.6 Å². The second kappa shape index (κ2) is 5.73. The van der Waals surface area contributed by atoms with Crippen LogP contribution in [0.3, 0.4) is 0 Å². The second-order valence-electron chi connectivity index (χ2n) is 5.07. The number of amidine groups is 1. The molecule has 1 aliphatic rings. The first-order valence-electron chi connectivity index (χ1n) is 6.74. The van der Waals surface area contributed by atoms with E-state index in [1.165, 1.54) is 12.8 Å². The molecule has 0 amide bonds. The Balaban J connectivity index is 1.63. The lowest BCUT2D eigenvalue weighted by molar-refractivity contribution is 0.122. The van der Waals surface area contributed by atoms with Gasteiger partial charge < -0.3 is 15.1 Å². The molecule has 110 valence electrons. The van der Waals surface area contributed by atoms with Gasteiger partial charge in [-0.3, -0.25) is 0 Å². The quantitative estimate of drug-likeness (QED) is 0.522. The molecule has 1 aromatic heterocycles. The van der Waals surface area contributed by atoms with Crippen molar-refractivity contribution in [2.75, 3.05) is 0 Å². The van der Waals surface area contributed by atoms with Crippen molar-refractivity contribution >= 4 is 17.4 Å². The van der Waals surface area contributed by atoms with Crippen molar-refractivity contribution in [2.24, 2.45) is 17.9 Å². The topological polar surface area (TPSA) is 78.3 Å². The van der Waals surface area contributed by atoms with Crippen LogP contribution in [0.4, 0.5) is 0 Å². The maximum Gasteiger partial charge on any atom is 0.176 e. The number of rotatable bonds is 5. The predicted molar refractivity (Wildman–Crippen MR) is 79.9 cm³/mol. The normalized spacial score (nSPS) is 15.2. The number of nitrogens with two attached hydrogens (primary N) is 1. The number of hydrogen-bond acceptors (Lipinski definition) is 4. The summed E-state index contributed by atoms with van der Waals surface area (Å²) < 4.78 is 1.96. The number of nitrogens with zero attached hydrogens (tertiary/aromatic N) is 4. The fraction of sp³-hybridized carbons (Fsp3) is 0.357. The molecule has 2 N–H and O–H groups in total. The van der Waals surface area contributed by atoms with Crippen LogP contribution in [-0.2, 0) is 18.5 Å². The van der Waals surface area contributed by atoms with Gasteiger partial charge in [0.25, 0.3) is 0 Å². The first-order chi connectivity index (χ1) is 10.1. The Morgan fingerprint density at radius 1 is 1.48 bits per heavy atom. The molecule has 1 aliphatic carbocycles.